The largest absolute Gasteiger partial charge is 0.487 e. The Hall–Kier alpha value is -2.07. The Morgan fingerprint density at radius 2 is 1.95 bits per heavy atom. The number of nitrogens with zero attached hydrogens (tertiary/aromatic N) is 1. The van der Waals surface area contributed by atoms with E-state index >= 15 is 0 Å². The summed E-state index contributed by atoms with van der Waals surface area (Å²) in [5, 5.41) is 3.50. The summed E-state index contributed by atoms with van der Waals surface area (Å²) in [7, 11) is 1.61. The summed E-state index contributed by atoms with van der Waals surface area (Å²) in [5.41, 5.74) is 2.14. The predicted octanol–water partition coefficient (Wildman–Crippen LogP) is 2.92. The smallest absolute Gasteiger partial charge is 0.213 e. The molecule has 3 rings (SSSR count). The fraction of sp³-hybridized carbons (Fsp3) is 0.353. The topological polar surface area (TPSA) is 43.4 Å². The predicted molar refractivity (Wildman–Crippen MR) is 81.4 cm³/mol. The Labute approximate surface area is 125 Å². The van der Waals surface area contributed by atoms with Gasteiger partial charge in [-0.15, -0.1) is 0 Å². The molecule has 2 aromatic rings. The van der Waals surface area contributed by atoms with Crippen LogP contribution in [0.2, 0.25) is 0 Å². The number of ether oxygens (including phenoxy) is 2. The van der Waals surface area contributed by atoms with Crippen molar-refractivity contribution >= 4 is 0 Å². The van der Waals surface area contributed by atoms with Crippen molar-refractivity contribution in [2.75, 3.05) is 7.11 Å². The first-order valence-electron chi connectivity index (χ1n) is 7.28. The van der Waals surface area contributed by atoms with Crippen LogP contribution in [0.5, 0.6) is 11.6 Å². The summed E-state index contributed by atoms with van der Waals surface area (Å²) in [6, 6.07) is 14.6. The van der Waals surface area contributed by atoms with Gasteiger partial charge >= 0.3 is 0 Å². The van der Waals surface area contributed by atoms with E-state index in [9.17, 15) is 0 Å². The highest BCUT2D eigenvalue weighted by Gasteiger charge is 2.19. The zero-order valence-corrected chi connectivity index (χ0v) is 12.2. The number of methoxy groups -OCH3 is 1. The quantitative estimate of drug-likeness (QED) is 0.849. The van der Waals surface area contributed by atoms with Crippen LogP contribution in [0.3, 0.4) is 0 Å². The third-order valence-electron chi connectivity index (χ3n) is 3.47. The van der Waals surface area contributed by atoms with Crippen LogP contribution in [-0.2, 0) is 13.2 Å². The Bertz CT molecular complexity index is 580. The van der Waals surface area contributed by atoms with Gasteiger partial charge in [0.2, 0.25) is 5.88 Å². The Kier molecular flexibility index (Phi) is 4.36. The molecule has 1 N–H and O–H groups in total. The average Bonchev–Trinajstić information content (AvgIpc) is 3.36. The number of nitrogens with one attached hydrogen (secondary N) is 1. The standard InChI is InChI=1S/C17H20N2O2/c1-20-17-4-2-3-15(19-17)12-21-16-9-5-13(6-10-16)11-18-14-7-8-14/h2-6,9-10,14,18H,7-8,11-12H2,1H3. The number of aromatic nitrogens is 1. The van der Waals surface area contributed by atoms with Gasteiger partial charge in [-0.25, -0.2) is 4.98 Å². The molecule has 110 valence electrons. The summed E-state index contributed by atoms with van der Waals surface area (Å²) < 4.78 is 10.8. The van der Waals surface area contributed by atoms with Crippen molar-refractivity contribution < 1.29 is 9.47 Å². The fourth-order valence-corrected chi connectivity index (χ4v) is 2.06. The van der Waals surface area contributed by atoms with Crippen molar-refractivity contribution in [3.63, 3.8) is 0 Å². The Balaban J connectivity index is 1.52. The fourth-order valence-electron chi connectivity index (χ4n) is 2.06. The van der Waals surface area contributed by atoms with Crippen LogP contribution in [0.25, 0.3) is 0 Å². The van der Waals surface area contributed by atoms with E-state index in [0.717, 1.165) is 24.0 Å². The van der Waals surface area contributed by atoms with Crippen molar-refractivity contribution in [3.8, 4) is 11.6 Å². The molecule has 4 heteroatoms. The minimum absolute atomic E-state index is 0.441. The van der Waals surface area contributed by atoms with E-state index in [2.05, 4.69) is 22.4 Å². The maximum absolute atomic E-state index is 5.75. The molecule has 4 nitrogen and oxygen atoms in total. The molecule has 21 heavy (non-hydrogen) atoms. The van der Waals surface area contributed by atoms with Crippen LogP contribution in [-0.4, -0.2) is 18.1 Å². The van der Waals surface area contributed by atoms with Crippen LogP contribution in [0.15, 0.2) is 42.5 Å². The van der Waals surface area contributed by atoms with Gasteiger partial charge < -0.3 is 14.8 Å². The highest BCUT2D eigenvalue weighted by molar-refractivity contribution is 5.27. The summed E-state index contributed by atoms with van der Waals surface area (Å²) in [6.45, 7) is 1.37. The first-order valence-corrected chi connectivity index (χ1v) is 7.28. The molecule has 1 aromatic carbocycles. The van der Waals surface area contributed by atoms with Crippen LogP contribution in [0, 0.1) is 0 Å². The number of rotatable bonds is 7. The molecule has 1 aliphatic rings. The molecule has 0 amide bonds. The van der Waals surface area contributed by atoms with Crippen LogP contribution in [0.4, 0.5) is 0 Å². The Morgan fingerprint density at radius 1 is 1.14 bits per heavy atom. The van der Waals surface area contributed by atoms with Crippen molar-refractivity contribution in [3.05, 3.63) is 53.7 Å². The normalized spacial score (nSPS) is 14.0. The summed E-state index contributed by atoms with van der Waals surface area (Å²) in [6.07, 6.45) is 2.63. The van der Waals surface area contributed by atoms with Gasteiger partial charge in [-0.2, -0.15) is 0 Å². The summed E-state index contributed by atoms with van der Waals surface area (Å²) in [5.74, 6) is 1.47. The van der Waals surface area contributed by atoms with Crippen molar-refractivity contribution in [2.45, 2.75) is 32.0 Å². The minimum Gasteiger partial charge on any atom is -0.487 e. The van der Waals surface area contributed by atoms with E-state index in [1.54, 1.807) is 7.11 Å². The monoisotopic (exact) mass is 284 g/mol. The van der Waals surface area contributed by atoms with Crippen LogP contribution >= 0.6 is 0 Å². The lowest BCUT2D eigenvalue weighted by Gasteiger charge is -2.08. The van der Waals surface area contributed by atoms with Crippen molar-refractivity contribution in [1.29, 1.82) is 0 Å². The molecule has 0 spiro atoms. The van der Waals surface area contributed by atoms with E-state index in [-0.39, 0.29) is 0 Å². The summed E-state index contributed by atoms with van der Waals surface area (Å²) in [4.78, 5) is 4.32. The second kappa shape index (κ2) is 6.59. The first kappa shape index (κ1) is 13.9. The number of pyridine rings is 1. The molecule has 1 fully saturated rings. The molecule has 1 aliphatic carbocycles. The molecule has 1 heterocycles. The SMILES string of the molecule is COc1cccc(COc2ccc(CNC3CC3)cc2)n1. The number of hydrogen-bond acceptors (Lipinski definition) is 4. The molecule has 0 atom stereocenters. The zero-order chi connectivity index (χ0) is 14.5. The molecule has 0 saturated heterocycles. The van der Waals surface area contributed by atoms with E-state index in [0.29, 0.717) is 12.5 Å². The highest BCUT2D eigenvalue weighted by Crippen LogP contribution is 2.20. The van der Waals surface area contributed by atoms with Gasteiger partial charge in [-0.1, -0.05) is 18.2 Å². The number of benzene rings is 1. The van der Waals surface area contributed by atoms with Gasteiger partial charge in [0, 0.05) is 18.7 Å². The van der Waals surface area contributed by atoms with Gasteiger partial charge in [-0.3, -0.25) is 0 Å². The lowest BCUT2D eigenvalue weighted by molar-refractivity contribution is 0.298. The molecule has 0 aliphatic heterocycles. The van der Waals surface area contributed by atoms with Crippen LogP contribution < -0.4 is 14.8 Å². The lowest BCUT2D eigenvalue weighted by Crippen LogP contribution is -2.15. The van der Waals surface area contributed by atoms with E-state index < -0.39 is 0 Å². The highest BCUT2D eigenvalue weighted by atomic mass is 16.5. The van der Waals surface area contributed by atoms with Crippen molar-refractivity contribution in [2.24, 2.45) is 0 Å². The summed E-state index contributed by atoms with van der Waals surface area (Å²) >= 11 is 0. The second-order valence-electron chi connectivity index (χ2n) is 5.26. The molecular weight excluding hydrogens is 264 g/mol. The van der Waals surface area contributed by atoms with Gasteiger partial charge in [0.25, 0.3) is 0 Å². The van der Waals surface area contributed by atoms with E-state index in [1.165, 1.54) is 18.4 Å². The molecule has 1 aromatic heterocycles. The minimum atomic E-state index is 0.441. The van der Waals surface area contributed by atoms with Gasteiger partial charge in [-0.05, 0) is 36.6 Å². The van der Waals surface area contributed by atoms with E-state index in [1.807, 2.05) is 30.3 Å². The van der Waals surface area contributed by atoms with Crippen molar-refractivity contribution in [1.82, 2.24) is 10.3 Å². The molecule has 1 saturated carbocycles. The third-order valence-corrected chi connectivity index (χ3v) is 3.47. The third kappa shape index (κ3) is 4.20. The molecular formula is C17H20N2O2. The molecule has 0 radical (unpaired) electrons. The zero-order valence-electron chi connectivity index (χ0n) is 12.2. The van der Waals surface area contributed by atoms with E-state index in [4.69, 9.17) is 9.47 Å². The maximum atomic E-state index is 5.75. The molecule has 0 bridgehead atoms. The second-order valence-corrected chi connectivity index (χ2v) is 5.26. The van der Waals surface area contributed by atoms with Gasteiger partial charge in [0.05, 0.1) is 12.8 Å². The van der Waals surface area contributed by atoms with Crippen LogP contribution in [0.1, 0.15) is 24.1 Å². The maximum Gasteiger partial charge on any atom is 0.213 e. The lowest BCUT2D eigenvalue weighted by atomic mass is 10.2. The van der Waals surface area contributed by atoms with Gasteiger partial charge in [0.1, 0.15) is 12.4 Å². The molecule has 0 unspecified atom stereocenters. The van der Waals surface area contributed by atoms with Gasteiger partial charge in [0.15, 0.2) is 0 Å². The Morgan fingerprint density at radius 3 is 2.67 bits per heavy atom. The first-order chi connectivity index (χ1) is 10.3. The number of hydrogen-bond donors (Lipinski definition) is 1. The average molecular weight is 284 g/mol.